The normalized spacial score (nSPS) is 15.5. The Hall–Kier alpha value is -2.44. The maximum Gasteiger partial charge on any atom is 0.338 e. The number of aryl methyl sites for hydroxylation is 1. The van der Waals surface area contributed by atoms with Gasteiger partial charge in [0, 0.05) is 24.7 Å². The lowest BCUT2D eigenvalue weighted by Crippen LogP contribution is -2.38. The molecule has 7 heteroatoms. The van der Waals surface area contributed by atoms with Crippen molar-refractivity contribution in [2.24, 2.45) is 0 Å². The first-order chi connectivity index (χ1) is 10.4. The predicted octanol–water partition coefficient (Wildman–Crippen LogP) is 2.07. The van der Waals surface area contributed by atoms with Crippen molar-refractivity contribution < 1.29 is 19.2 Å². The SMILES string of the molecule is Cc1cc(C(=O)O[C@@H](C)C(=O)N2CCCC2)ccc1[N+](=O)[O-]. The second kappa shape index (κ2) is 6.55. The fourth-order valence-corrected chi connectivity index (χ4v) is 2.46. The molecule has 0 aliphatic carbocycles. The van der Waals surface area contributed by atoms with Crippen molar-refractivity contribution in [2.75, 3.05) is 13.1 Å². The van der Waals surface area contributed by atoms with Gasteiger partial charge in [-0.3, -0.25) is 14.9 Å². The molecule has 2 rings (SSSR count). The fraction of sp³-hybridized carbons (Fsp3) is 0.467. The van der Waals surface area contributed by atoms with Crippen LogP contribution in [0.5, 0.6) is 0 Å². The molecule has 0 saturated carbocycles. The first kappa shape index (κ1) is 15.9. The number of esters is 1. The van der Waals surface area contributed by atoms with E-state index in [4.69, 9.17) is 4.74 Å². The van der Waals surface area contributed by atoms with Gasteiger partial charge in [0.05, 0.1) is 10.5 Å². The van der Waals surface area contributed by atoms with Gasteiger partial charge in [0.2, 0.25) is 0 Å². The van der Waals surface area contributed by atoms with Gasteiger partial charge < -0.3 is 9.64 Å². The van der Waals surface area contributed by atoms with Crippen molar-refractivity contribution in [3.63, 3.8) is 0 Å². The van der Waals surface area contributed by atoms with E-state index >= 15 is 0 Å². The van der Waals surface area contributed by atoms with E-state index in [-0.39, 0.29) is 17.2 Å². The van der Waals surface area contributed by atoms with E-state index < -0.39 is 17.0 Å². The standard InChI is InChI=1S/C15H18N2O5/c1-10-9-12(5-6-13(10)17(20)21)15(19)22-11(2)14(18)16-7-3-4-8-16/h5-6,9,11H,3-4,7-8H2,1-2H3/t11-/m0/s1. The Kier molecular flexibility index (Phi) is 4.75. The molecule has 1 aromatic carbocycles. The third kappa shape index (κ3) is 3.41. The van der Waals surface area contributed by atoms with Crippen LogP contribution in [0.1, 0.15) is 35.7 Å². The maximum atomic E-state index is 12.1. The van der Waals surface area contributed by atoms with Gasteiger partial charge in [0.1, 0.15) is 0 Å². The van der Waals surface area contributed by atoms with Crippen LogP contribution in [0.2, 0.25) is 0 Å². The average molecular weight is 306 g/mol. The molecule has 0 bridgehead atoms. The largest absolute Gasteiger partial charge is 0.449 e. The molecule has 118 valence electrons. The minimum Gasteiger partial charge on any atom is -0.449 e. The lowest BCUT2D eigenvalue weighted by Gasteiger charge is -2.20. The molecule has 0 spiro atoms. The van der Waals surface area contributed by atoms with E-state index in [2.05, 4.69) is 0 Å². The molecule has 1 fully saturated rings. The molecule has 7 nitrogen and oxygen atoms in total. The van der Waals surface area contributed by atoms with Crippen LogP contribution >= 0.6 is 0 Å². The van der Waals surface area contributed by atoms with Crippen LogP contribution in [0.4, 0.5) is 5.69 Å². The van der Waals surface area contributed by atoms with E-state index in [0.29, 0.717) is 18.7 Å². The number of rotatable bonds is 4. The first-order valence-corrected chi connectivity index (χ1v) is 7.15. The Morgan fingerprint density at radius 2 is 1.95 bits per heavy atom. The van der Waals surface area contributed by atoms with Gasteiger partial charge in [-0.15, -0.1) is 0 Å². The zero-order valence-electron chi connectivity index (χ0n) is 12.6. The van der Waals surface area contributed by atoms with Crippen LogP contribution < -0.4 is 0 Å². The summed E-state index contributed by atoms with van der Waals surface area (Å²) >= 11 is 0. The quantitative estimate of drug-likeness (QED) is 0.482. The number of hydrogen-bond acceptors (Lipinski definition) is 5. The molecule has 1 aliphatic heterocycles. The molecular formula is C15H18N2O5. The highest BCUT2D eigenvalue weighted by molar-refractivity contribution is 5.92. The fourth-order valence-electron chi connectivity index (χ4n) is 2.46. The number of nitrogens with zero attached hydrogens (tertiary/aromatic N) is 2. The third-order valence-corrected chi connectivity index (χ3v) is 3.68. The Labute approximate surface area is 128 Å². The second-order valence-corrected chi connectivity index (χ2v) is 5.34. The van der Waals surface area contributed by atoms with Crippen LogP contribution in [0, 0.1) is 17.0 Å². The number of nitro benzene ring substituents is 1. The molecule has 22 heavy (non-hydrogen) atoms. The Balaban J connectivity index is 2.03. The summed E-state index contributed by atoms with van der Waals surface area (Å²) in [7, 11) is 0. The molecule has 1 aromatic rings. The Bertz CT molecular complexity index is 608. The van der Waals surface area contributed by atoms with Crippen molar-refractivity contribution in [3.05, 3.63) is 39.4 Å². The maximum absolute atomic E-state index is 12.1. The minimum atomic E-state index is -0.860. The third-order valence-electron chi connectivity index (χ3n) is 3.68. The van der Waals surface area contributed by atoms with Gasteiger partial charge in [-0.1, -0.05) is 0 Å². The summed E-state index contributed by atoms with van der Waals surface area (Å²) < 4.78 is 5.17. The number of nitro groups is 1. The lowest BCUT2D eigenvalue weighted by molar-refractivity contribution is -0.385. The van der Waals surface area contributed by atoms with Crippen molar-refractivity contribution in [2.45, 2.75) is 32.8 Å². The summed E-state index contributed by atoms with van der Waals surface area (Å²) in [6.07, 6.45) is 1.07. The lowest BCUT2D eigenvalue weighted by atomic mass is 10.1. The highest BCUT2D eigenvalue weighted by Crippen LogP contribution is 2.20. The molecule has 1 heterocycles. The van der Waals surface area contributed by atoms with Gasteiger partial charge in [-0.2, -0.15) is 0 Å². The molecular weight excluding hydrogens is 288 g/mol. The molecule has 0 radical (unpaired) electrons. The van der Waals surface area contributed by atoms with Crippen molar-refractivity contribution in [1.82, 2.24) is 4.90 Å². The number of amides is 1. The predicted molar refractivity (Wildman–Crippen MR) is 78.5 cm³/mol. The topological polar surface area (TPSA) is 89.8 Å². The summed E-state index contributed by atoms with van der Waals surface area (Å²) in [4.78, 5) is 36.1. The average Bonchev–Trinajstić information content (AvgIpc) is 2.99. The van der Waals surface area contributed by atoms with Gasteiger partial charge in [0.25, 0.3) is 11.6 Å². The summed E-state index contributed by atoms with van der Waals surface area (Å²) in [6.45, 7) is 4.47. The molecule has 1 saturated heterocycles. The number of hydrogen-bond donors (Lipinski definition) is 0. The van der Waals surface area contributed by atoms with Crippen LogP contribution in [0.3, 0.4) is 0 Å². The highest BCUT2D eigenvalue weighted by Gasteiger charge is 2.26. The Morgan fingerprint density at radius 1 is 1.32 bits per heavy atom. The van der Waals surface area contributed by atoms with Gasteiger partial charge in [-0.25, -0.2) is 4.79 Å². The number of carbonyl (C=O) groups is 2. The zero-order chi connectivity index (χ0) is 16.3. The minimum absolute atomic E-state index is 0.0576. The molecule has 1 amide bonds. The van der Waals surface area contributed by atoms with Crippen LogP contribution in [0.25, 0.3) is 0 Å². The molecule has 0 N–H and O–H groups in total. The van der Waals surface area contributed by atoms with E-state index in [1.165, 1.54) is 25.1 Å². The van der Waals surface area contributed by atoms with Gasteiger partial charge >= 0.3 is 5.97 Å². The summed E-state index contributed by atoms with van der Waals surface area (Å²) in [5, 5.41) is 10.8. The van der Waals surface area contributed by atoms with Crippen LogP contribution in [-0.4, -0.2) is 40.9 Å². The molecule has 1 aliphatic rings. The van der Waals surface area contributed by atoms with Crippen molar-refractivity contribution in [1.29, 1.82) is 0 Å². The number of benzene rings is 1. The summed E-state index contributed by atoms with van der Waals surface area (Å²) in [6, 6.07) is 3.99. The molecule has 1 atom stereocenters. The van der Waals surface area contributed by atoms with E-state index in [1.54, 1.807) is 11.8 Å². The van der Waals surface area contributed by atoms with Gasteiger partial charge in [-0.05, 0) is 38.8 Å². The van der Waals surface area contributed by atoms with Gasteiger partial charge in [0.15, 0.2) is 6.10 Å². The van der Waals surface area contributed by atoms with E-state index in [9.17, 15) is 19.7 Å². The van der Waals surface area contributed by atoms with Crippen molar-refractivity contribution >= 4 is 17.6 Å². The van der Waals surface area contributed by atoms with Crippen molar-refractivity contribution in [3.8, 4) is 0 Å². The number of carbonyl (C=O) groups excluding carboxylic acids is 2. The molecule has 0 unspecified atom stereocenters. The van der Waals surface area contributed by atoms with Crippen LogP contribution in [-0.2, 0) is 9.53 Å². The zero-order valence-corrected chi connectivity index (χ0v) is 12.6. The summed E-state index contributed by atoms with van der Waals surface area (Å²) in [5.74, 6) is -0.859. The van der Waals surface area contributed by atoms with Crippen LogP contribution in [0.15, 0.2) is 18.2 Å². The van der Waals surface area contributed by atoms with E-state index in [1.807, 2.05) is 0 Å². The first-order valence-electron chi connectivity index (χ1n) is 7.15. The monoisotopic (exact) mass is 306 g/mol. The number of likely N-dealkylation sites (tertiary alicyclic amines) is 1. The Morgan fingerprint density at radius 3 is 2.50 bits per heavy atom. The smallest absolute Gasteiger partial charge is 0.338 e. The summed E-state index contributed by atoms with van der Waals surface area (Å²) in [5.41, 5.74) is 0.514. The number of ether oxygens (including phenoxy) is 1. The van der Waals surface area contributed by atoms with E-state index in [0.717, 1.165) is 12.8 Å². The molecule has 0 aromatic heterocycles. The highest BCUT2D eigenvalue weighted by atomic mass is 16.6. The second-order valence-electron chi connectivity index (χ2n) is 5.34.